The van der Waals surface area contributed by atoms with Crippen molar-refractivity contribution in [2.45, 2.75) is 12.8 Å². The van der Waals surface area contributed by atoms with Gasteiger partial charge in [-0.2, -0.15) is 0 Å². The minimum absolute atomic E-state index is 0. The Bertz CT molecular complexity index is 770. The van der Waals surface area contributed by atoms with Crippen LogP contribution in [0.4, 0.5) is 0 Å². The fourth-order valence-corrected chi connectivity index (χ4v) is 2.65. The molecule has 0 heterocycles. The summed E-state index contributed by atoms with van der Waals surface area (Å²) in [6.45, 7) is 1.86. The van der Waals surface area contributed by atoms with Crippen LogP contribution >= 0.6 is 24.0 Å². The number of rotatable bonds is 9. The van der Waals surface area contributed by atoms with E-state index in [0.717, 1.165) is 43.4 Å². The Balaban J connectivity index is 0.00000392. The molecular weight excluding hydrogens is 465 g/mol. The van der Waals surface area contributed by atoms with Crippen LogP contribution in [0, 0.1) is 12.3 Å². The van der Waals surface area contributed by atoms with E-state index in [1.165, 1.54) is 11.1 Å². The molecule has 2 N–H and O–H groups in total. The zero-order valence-corrected chi connectivity index (χ0v) is 18.7. The van der Waals surface area contributed by atoms with Gasteiger partial charge in [-0.15, -0.1) is 30.4 Å². The molecule has 2 aromatic rings. The number of nitrogens with zero attached hydrogens (tertiary/aromatic N) is 1. The molecule has 0 unspecified atom stereocenters. The molecule has 0 fully saturated rings. The highest BCUT2D eigenvalue weighted by molar-refractivity contribution is 14.0. The molecule has 0 aliphatic heterocycles. The van der Waals surface area contributed by atoms with Crippen molar-refractivity contribution in [2.75, 3.05) is 33.9 Å². The standard InChI is InChI=1S/C22H27N3O2.HI/c1-4-17-27-20-11-9-18(10-12-20)13-15-24-22(23-2)25-16-14-19-7-5-6-8-21(19)26-3;/h1,5-12H,13-17H2,2-3H3,(H2,23,24,25);1H. The highest BCUT2D eigenvalue weighted by atomic mass is 127. The average molecular weight is 493 g/mol. The highest BCUT2D eigenvalue weighted by Gasteiger charge is 2.03. The van der Waals surface area contributed by atoms with Gasteiger partial charge in [0.15, 0.2) is 5.96 Å². The highest BCUT2D eigenvalue weighted by Crippen LogP contribution is 2.17. The van der Waals surface area contributed by atoms with Crippen LogP contribution in [0.3, 0.4) is 0 Å². The number of nitrogens with one attached hydrogen (secondary N) is 2. The Morgan fingerprint density at radius 3 is 2.36 bits per heavy atom. The average Bonchev–Trinajstić information content (AvgIpc) is 2.72. The quantitative estimate of drug-likeness (QED) is 0.244. The third-order valence-corrected chi connectivity index (χ3v) is 4.05. The summed E-state index contributed by atoms with van der Waals surface area (Å²) < 4.78 is 10.8. The third-order valence-electron chi connectivity index (χ3n) is 4.05. The van der Waals surface area contributed by atoms with Gasteiger partial charge in [0.25, 0.3) is 0 Å². The molecule has 0 saturated carbocycles. The van der Waals surface area contributed by atoms with Gasteiger partial charge in [0.2, 0.25) is 0 Å². The minimum Gasteiger partial charge on any atom is -0.496 e. The molecule has 0 spiro atoms. The summed E-state index contributed by atoms with van der Waals surface area (Å²) in [5.74, 6) is 4.95. The zero-order chi connectivity index (χ0) is 19.3. The first-order chi connectivity index (χ1) is 13.3. The van der Waals surface area contributed by atoms with Gasteiger partial charge in [0.05, 0.1) is 7.11 Å². The molecule has 0 aromatic heterocycles. The van der Waals surface area contributed by atoms with E-state index in [9.17, 15) is 0 Å². The van der Waals surface area contributed by atoms with Gasteiger partial charge in [0.1, 0.15) is 18.1 Å². The summed E-state index contributed by atoms with van der Waals surface area (Å²) in [4.78, 5) is 4.27. The number of methoxy groups -OCH3 is 1. The molecular formula is C22H28IN3O2. The number of ether oxygens (including phenoxy) is 2. The summed E-state index contributed by atoms with van der Waals surface area (Å²) in [6.07, 6.45) is 6.95. The number of guanidine groups is 1. The first-order valence-corrected chi connectivity index (χ1v) is 8.98. The van der Waals surface area contributed by atoms with Crippen LogP contribution in [-0.2, 0) is 12.8 Å². The predicted octanol–water partition coefficient (Wildman–Crippen LogP) is 3.28. The molecule has 6 heteroatoms. The number of terminal acetylenes is 1. The Labute approximate surface area is 185 Å². The monoisotopic (exact) mass is 493 g/mol. The van der Waals surface area contributed by atoms with E-state index in [1.54, 1.807) is 14.2 Å². The SMILES string of the molecule is C#CCOc1ccc(CCNC(=NC)NCCc2ccccc2OC)cc1.I. The number of hydrogen-bond acceptors (Lipinski definition) is 3. The molecule has 0 aliphatic carbocycles. The van der Waals surface area contributed by atoms with Gasteiger partial charge in [-0.25, -0.2) is 0 Å². The maximum absolute atomic E-state index is 5.38. The summed E-state index contributed by atoms with van der Waals surface area (Å²) in [5.41, 5.74) is 2.40. The molecule has 0 atom stereocenters. The molecule has 0 saturated heterocycles. The number of benzene rings is 2. The van der Waals surface area contributed by atoms with Crippen molar-refractivity contribution < 1.29 is 9.47 Å². The van der Waals surface area contributed by atoms with E-state index >= 15 is 0 Å². The van der Waals surface area contributed by atoms with E-state index in [2.05, 4.69) is 27.6 Å². The predicted molar refractivity (Wildman–Crippen MR) is 126 cm³/mol. The Morgan fingerprint density at radius 1 is 1.04 bits per heavy atom. The maximum atomic E-state index is 5.38. The molecule has 5 nitrogen and oxygen atoms in total. The van der Waals surface area contributed by atoms with Crippen LogP contribution < -0.4 is 20.1 Å². The van der Waals surface area contributed by atoms with Crippen LogP contribution in [0.1, 0.15) is 11.1 Å². The largest absolute Gasteiger partial charge is 0.496 e. The topological polar surface area (TPSA) is 54.9 Å². The molecule has 28 heavy (non-hydrogen) atoms. The number of hydrogen-bond donors (Lipinski definition) is 2. The first kappa shape index (κ1) is 23.6. The van der Waals surface area contributed by atoms with Gasteiger partial charge in [0, 0.05) is 20.1 Å². The van der Waals surface area contributed by atoms with Crippen molar-refractivity contribution in [2.24, 2.45) is 4.99 Å². The van der Waals surface area contributed by atoms with E-state index in [0.29, 0.717) is 0 Å². The second-order valence-electron chi connectivity index (χ2n) is 5.87. The Morgan fingerprint density at radius 2 is 1.71 bits per heavy atom. The van der Waals surface area contributed by atoms with Crippen LogP contribution in [0.2, 0.25) is 0 Å². The summed E-state index contributed by atoms with van der Waals surface area (Å²) in [5, 5.41) is 6.66. The number of para-hydroxylation sites is 1. The first-order valence-electron chi connectivity index (χ1n) is 8.98. The lowest BCUT2D eigenvalue weighted by atomic mass is 10.1. The molecule has 0 bridgehead atoms. The molecule has 150 valence electrons. The van der Waals surface area contributed by atoms with Gasteiger partial charge in [-0.3, -0.25) is 4.99 Å². The van der Waals surface area contributed by atoms with Gasteiger partial charge in [-0.05, 0) is 42.2 Å². The Kier molecular flexibility index (Phi) is 11.6. The van der Waals surface area contributed by atoms with E-state index in [-0.39, 0.29) is 30.6 Å². The van der Waals surface area contributed by atoms with E-state index in [4.69, 9.17) is 15.9 Å². The van der Waals surface area contributed by atoms with Crippen molar-refractivity contribution in [3.05, 3.63) is 59.7 Å². The van der Waals surface area contributed by atoms with Crippen LogP contribution in [0.25, 0.3) is 0 Å². The normalized spacial score (nSPS) is 10.4. The maximum Gasteiger partial charge on any atom is 0.190 e. The van der Waals surface area contributed by atoms with Gasteiger partial charge >= 0.3 is 0 Å². The minimum atomic E-state index is 0. The summed E-state index contributed by atoms with van der Waals surface area (Å²) >= 11 is 0. The van der Waals surface area contributed by atoms with E-state index in [1.807, 2.05) is 42.5 Å². The van der Waals surface area contributed by atoms with Crippen LogP contribution in [0.15, 0.2) is 53.5 Å². The molecule has 2 aromatic carbocycles. The van der Waals surface area contributed by atoms with Crippen molar-refractivity contribution in [1.82, 2.24) is 10.6 Å². The second kappa shape index (κ2) is 13.7. The Hall–Kier alpha value is -2.40. The smallest absolute Gasteiger partial charge is 0.190 e. The lowest BCUT2D eigenvalue weighted by Gasteiger charge is -2.13. The van der Waals surface area contributed by atoms with Gasteiger partial charge in [-0.1, -0.05) is 36.3 Å². The zero-order valence-electron chi connectivity index (χ0n) is 16.4. The molecule has 0 aliphatic rings. The fourth-order valence-electron chi connectivity index (χ4n) is 2.65. The molecule has 0 radical (unpaired) electrons. The number of halogens is 1. The lowest BCUT2D eigenvalue weighted by Crippen LogP contribution is -2.39. The van der Waals surface area contributed by atoms with Crippen molar-refractivity contribution in [1.29, 1.82) is 0 Å². The third kappa shape index (κ3) is 8.09. The van der Waals surface area contributed by atoms with E-state index < -0.39 is 0 Å². The fraction of sp³-hybridized carbons (Fsp3) is 0.318. The number of aliphatic imine (C=N–C) groups is 1. The van der Waals surface area contributed by atoms with Crippen molar-refractivity contribution in [3.63, 3.8) is 0 Å². The second-order valence-corrected chi connectivity index (χ2v) is 5.87. The van der Waals surface area contributed by atoms with Crippen molar-refractivity contribution >= 4 is 29.9 Å². The molecule has 0 amide bonds. The van der Waals surface area contributed by atoms with Crippen LogP contribution in [0.5, 0.6) is 11.5 Å². The lowest BCUT2D eigenvalue weighted by molar-refractivity contribution is 0.370. The van der Waals surface area contributed by atoms with Gasteiger partial charge < -0.3 is 20.1 Å². The van der Waals surface area contributed by atoms with Crippen molar-refractivity contribution in [3.8, 4) is 23.8 Å². The summed E-state index contributed by atoms with van der Waals surface area (Å²) in [6, 6.07) is 16.0. The van der Waals surface area contributed by atoms with Crippen LogP contribution in [-0.4, -0.2) is 39.8 Å². The molecule has 2 rings (SSSR count). The summed E-state index contributed by atoms with van der Waals surface area (Å²) in [7, 11) is 3.47.